The molecule has 2 heterocycles. The van der Waals surface area contributed by atoms with Crippen molar-refractivity contribution in [3.05, 3.63) is 48.8 Å². The molecule has 3 heteroatoms. The minimum atomic E-state index is -0.814. The van der Waals surface area contributed by atoms with Crippen molar-refractivity contribution in [2.75, 3.05) is 0 Å². The lowest BCUT2D eigenvalue weighted by atomic mass is 9.75. The van der Waals surface area contributed by atoms with E-state index >= 15 is 0 Å². The van der Waals surface area contributed by atoms with Crippen molar-refractivity contribution in [2.45, 2.75) is 52.6 Å². The van der Waals surface area contributed by atoms with Gasteiger partial charge in [0.25, 0.3) is 0 Å². The zero-order valence-electron chi connectivity index (χ0n) is 13.1. The molecule has 1 aliphatic carbocycles. The molecule has 1 atom stereocenters. The molecular formula is C18H22OS2. The number of aryl methyl sites for hydroxylation is 4. The Morgan fingerprint density at radius 2 is 1.67 bits per heavy atom. The Labute approximate surface area is 135 Å². The van der Waals surface area contributed by atoms with E-state index in [-0.39, 0.29) is 0 Å². The summed E-state index contributed by atoms with van der Waals surface area (Å²) in [5.41, 5.74) is 2.66. The van der Waals surface area contributed by atoms with Crippen LogP contribution in [0.2, 0.25) is 0 Å². The molecule has 1 nitrogen and oxygen atoms in total. The number of hydrogen-bond donors (Lipinski definition) is 1. The predicted octanol–water partition coefficient (Wildman–Crippen LogP) is 5.50. The first-order valence-electron chi connectivity index (χ1n) is 7.50. The van der Waals surface area contributed by atoms with Gasteiger partial charge in [-0.15, -0.1) is 22.7 Å². The molecule has 0 aromatic carbocycles. The average molecular weight is 319 g/mol. The van der Waals surface area contributed by atoms with Gasteiger partial charge in [0.1, 0.15) is 5.60 Å². The molecule has 21 heavy (non-hydrogen) atoms. The second kappa shape index (κ2) is 5.38. The number of aliphatic hydroxyl groups is 1. The van der Waals surface area contributed by atoms with Crippen molar-refractivity contribution >= 4 is 28.2 Å². The van der Waals surface area contributed by atoms with Gasteiger partial charge in [-0.05, 0) is 70.2 Å². The molecule has 1 aliphatic rings. The summed E-state index contributed by atoms with van der Waals surface area (Å²) in [6, 6.07) is 4.41. The van der Waals surface area contributed by atoms with E-state index < -0.39 is 5.60 Å². The van der Waals surface area contributed by atoms with Crippen molar-refractivity contribution in [3.8, 4) is 0 Å². The maximum absolute atomic E-state index is 11.5. The molecule has 0 aliphatic heterocycles. The Kier molecular flexibility index (Phi) is 3.85. The van der Waals surface area contributed by atoms with Crippen LogP contribution >= 0.6 is 22.7 Å². The molecule has 2 aromatic heterocycles. The van der Waals surface area contributed by atoms with Crippen LogP contribution in [0.4, 0.5) is 0 Å². The molecule has 0 bridgehead atoms. The van der Waals surface area contributed by atoms with E-state index in [1.54, 1.807) is 11.3 Å². The molecule has 2 aromatic rings. The first-order valence-corrected chi connectivity index (χ1v) is 9.13. The first-order chi connectivity index (χ1) is 9.91. The fourth-order valence-electron chi connectivity index (χ4n) is 3.46. The highest BCUT2D eigenvalue weighted by molar-refractivity contribution is 7.12. The summed E-state index contributed by atoms with van der Waals surface area (Å²) in [7, 11) is 0. The fourth-order valence-corrected chi connectivity index (χ4v) is 5.40. The SMILES string of the molecule is Cc1cc(C2=CCCCC2(O)c2cc(C)sc2C)c(C)s1. The van der Waals surface area contributed by atoms with Crippen molar-refractivity contribution in [1.29, 1.82) is 0 Å². The van der Waals surface area contributed by atoms with Crippen LogP contribution in [0.3, 0.4) is 0 Å². The molecule has 1 N–H and O–H groups in total. The summed E-state index contributed by atoms with van der Waals surface area (Å²) in [5, 5.41) is 11.5. The van der Waals surface area contributed by atoms with Crippen molar-refractivity contribution < 1.29 is 5.11 Å². The van der Waals surface area contributed by atoms with Gasteiger partial charge >= 0.3 is 0 Å². The maximum atomic E-state index is 11.5. The van der Waals surface area contributed by atoms with Crippen LogP contribution < -0.4 is 0 Å². The van der Waals surface area contributed by atoms with Gasteiger partial charge in [0.15, 0.2) is 0 Å². The highest BCUT2D eigenvalue weighted by Gasteiger charge is 2.38. The smallest absolute Gasteiger partial charge is 0.116 e. The zero-order chi connectivity index (χ0) is 15.2. The number of rotatable bonds is 2. The summed E-state index contributed by atoms with van der Waals surface area (Å²) < 4.78 is 0. The Morgan fingerprint density at radius 1 is 1.00 bits per heavy atom. The average Bonchev–Trinajstić information content (AvgIpc) is 2.92. The molecule has 0 saturated heterocycles. The first kappa shape index (κ1) is 15.0. The Bertz CT molecular complexity index is 705. The molecule has 0 fully saturated rings. The van der Waals surface area contributed by atoms with E-state index in [1.807, 2.05) is 11.3 Å². The van der Waals surface area contributed by atoms with Crippen LogP contribution in [-0.4, -0.2) is 5.11 Å². The van der Waals surface area contributed by atoms with E-state index in [4.69, 9.17) is 0 Å². The van der Waals surface area contributed by atoms with Crippen molar-refractivity contribution in [2.24, 2.45) is 0 Å². The third kappa shape index (κ3) is 2.52. The lowest BCUT2D eigenvalue weighted by Crippen LogP contribution is -2.30. The van der Waals surface area contributed by atoms with Gasteiger partial charge < -0.3 is 5.11 Å². The lowest BCUT2D eigenvalue weighted by molar-refractivity contribution is 0.0840. The standard InChI is InChI=1S/C18H22OS2/c1-11-9-15(13(3)20-11)16-7-5-6-8-18(16,19)17-10-12(2)21-14(17)4/h7,9-10,19H,5-6,8H2,1-4H3. The summed E-state index contributed by atoms with van der Waals surface area (Å²) >= 11 is 3.60. The van der Waals surface area contributed by atoms with Gasteiger partial charge in [-0.3, -0.25) is 0 Å². The second-order valence-electron chi connectivity index (χ2n) is 6.02. The Morgan fingerprint density at radius 3 is 2.24 bits per heavy atom. The monoisotopic (exact) mass is 318 g/mol. The molecular weight excluding hydrogens is 296 g/mol. The quantitative estimate of drug-likeness (QED) is 0.775. The summed E-state index contributed by atoms with van der Waals surface area (Å²) in [4.78, 5) is 5.14. The number of hydrogen-bond acceptors (Lipinski definition) is 3. The predicted molar refractivity (Wildman–Crippen MR) is 93.3 cm³/mol. The van der Waals surface area contributed by atoms with Crippen LogP contribution in [-0.2, 0) is 5.60 Å². The normalized spacial score (nSPS) is 22.4. The molecule has 112 valence electrons. The molecule has 1 unspecified atom stereocenters. The summed E-state index contributed by atoms with van der Waals surface area (Å²) in [6.45, 7) is 8.55. The summed E-state index contributed by atoms with van der Waals surface area (Å²) in [6.07, 6.45) is 5.19. The van der Waals surface area contributed by atoms with Crippen LogP contribution in [0.15, 0.2) is 18.2 Å². The Balaban J connectivity index is 2.16. The van der Waals surface area contributed by atoms with Crippen molar-refractivity contribution in [3.63, 3.8) is 0 Å². The van der Waals surface area contributed by atoms with E-state index in [2.05, 4.69) is 45.9 Å². The van der Waals surface area contributed by atoms with Gasteiger partial charge in [0.2, 0.25) is 0 Å². The molecule has 0 radical (unpaired) electrons. The topological polar surface area (TPSA) is 20.2 Å². The van der Waals surface area contributed by atoms with Crippen LogP contribution in [0.25, 0.3) is 5.57 Å². The zero-order valence-corrected chi connectivity index (χ0v) is 14.8. The van der Waals surface area contributed by atoms with Gasteiger partial charge in [0.05, 0.1) is 0 Å². The molecule has 3 rings (SSSR count). The highest BCUT2D eigenvalue weighted by atomic mass is 32.1. The largest absolute Gasteiger partial charge is 0.380 e. The third-order valence-corrected chi connectivity index (χ3v) is 6.29. The van der Waals surface area contributed by atoms with E-state index in [0.29, 0.717) is 0 Å². The Hall–Kier alpha value is -0.900. The number of allylic oxidation sites excluding steroid dienone is 1. The fraction of sp³-hybridized carbons (Fsp3) is 0.444. The second-order valence-corrected chi connectivity index (χ2v) is 8.95. The van der Waals surface area contributed by atoms with Crippen LogP contribution in [0, 0.1) is 27.7 Å². The van der Waals surface area contributed by atoms with Crippen molar-refractivity contribution in [1.82, 2.24) is 0 Å². The minimum Gasteiger partial charge on any atom is -0.380 e. The van der Waals surface area contributed by atoms with E-state index in [9.17, 15) is 5.11 Å². The van der Waals surface area contributed by atoms with Crippen LogP contribution in [0.5, 0.6) is 0 Å². The minimum absolute atomic E-state index is 0.814. The molecule has 0 spiro atoms. The van der Waals surface area contributed by atoms with Gasteiger partial charge in [0, 0.05) is 25.1 Å². The highest BCUT2D eigenvalue weighted by Crippen LogP contribution is 2.48. The summed E-state index contributed by atoms with van der Waals surface area (Å²) in [5.74, 6) is 0. The molecule has 0 amide bonds. The van der Waals surface area contributed by atoms with Gasteiger partial charge in [-0.2, -0.15) is 0 Å². The maximum Gasteiger partial charge on any atom is 0.116 e. The van der Waals surface area contributed by atoms with E-state index in [0.717, 1.165) is 30.4 Å². The lowest BCUT2D eigenvalue weighted by Gasteiger charge is -2.35. The van der Waals surface area contributed by atoms with Gasteiger partial charge in [-0.1, -0.05) is 6.08 Å². The van der Waals surface area contributed by atoms with E-state index in [1.165, 1.54) is 25.1 Å². The van der Waals surface area contributed by atoms with Crippen LogP contribution in [0.1, 0.15) is 49.9 Å². The third-order valence-electron chi connectivity index (χ3n) is 4.35. The molecule has 0 saturated carbocycles. The number of thiophene rings is 2. The van der Waals surface area contributed by atoms with Gasteiger partial charge in [-0.25, -0.2) is 0 Å².